The highest BCUT2D eigenvalue weighted by Gasteiger charge is 2.18. The Balaban J connectivity index is 1.95. The highest BCUT2D eigenvalue weighted by molar-refractivity contribution is 7.17. The molecule has 0 aliphatic rings. The lowest BCUT2D eigenvalue weighted by Crippen LogP contribution is -2.41. The molecule has 1 N–H and O–H groups in total. The molecule has 3 aromatic rings. The van der Waals surface area contributed by atoms with Gasteiger partial charge in [-0.3, -0.25) is 18.7 Å². The molecule has 9 nitrogen and oxygen atoms in total. The molecule has 2 heterocycles. The molecule has 3 rings (SSSR count). The average molecular weight is 462 g/mol. The first-order valence-corrected chi connectivity index (χ1v) is 11.0. The Morgan fingerprint density at radius 3 is 2.28 bits per heavy atom. The van der Waals surface area contributed by atoms with Crippen molar-refractivity contribution in [1.82, 2.24) is 9.13 Å². The number of hydrogen-bond donors (Lipinski definition) is 1. The van der Waals surface area contributed by atoms with Gasteiger partial charge in [0, 0.05) is 24.4 Å². The molecular formula is C22H27N3O6S. The van der Waals surface area contributed by atoms with Crippen LogP contribution in [0.1, 0.15) is 20.3 Å². The van der Waals surface area contributed by atoms with Gasteiger partial charge in [0.15, 0.2) is 11.5 Å². The molecule has 0 fully saturated rings. The summed E-state index contributed by atoms with van der Waals surface area (Å²) in [5.41, 5.74) is 0.0570. The Labute approximate surface area is 189 Å². The fourth-order valence-electron chi connectivity index (χ4n) is 3.37. The first kappa shape index (κ1) is 23.4. The third-order valence-electron chi connectivity index (χ3n) is 5.02. The van der Waals surface area contributed by atoms with Crippen molar-refractivity contribution in [2.75, 3.05) is 26.6 Å². The minimum atomic E-state index is -0.499. The first-order valence-electron chi connectivity index (χ1n) is 10.1. The number of nitrogens with zero attached hydrogens (tertiary/aromatic N) is 2. The number of rotatable bonds is 9. The summed E-state index contributed by atoms with van der Waals surface area (Å²) >= 11 is 1.26. The quantitative estimate of drug-likeness (QED) is 0.526. The molecule has 10 heteroatoms. The SMILES string of the molecule is COc1cc(NC(=O)Cn2c(=O)n(CCC(C)C)c(=O)c3sccc32)cc(OC)c1OC. The van der Waals surface area contributed by atoms with Crippen molar-refractivity contribution in [1.29, 1.82) is 0 Å². The number of thiophene rings is 1. The van der Waals surface area contributed by atoms with Crippen molar-refractivity contribution in [3.05, 3.63) is 44.4 Å². The number of carbonyl (C=O) groups is 1. The van der Waals surface area contributed by atoms with Crippen molar-refractivity contribution in [2.24, 2.45) is 5.92 Å². The van der Waals surface area contributed by atoms with Crippen LogP contribution in [-0.2, 0) is 17.9 Å². The zero-order valence-electron chi connectivity index (χ0n) is 18.8. The molecule has 0 saturated heterocycles. The van der Waals surface area contributed by atoms with Crippen LogP contribution in [-0.4, -0.2) is 36.4 Å². The van der Waals surface area contributed by atoms with Crippen LogP contribution in [0.4, 0.5) is 5.69 Å². The van der Waals surface area contributed by atoms with Gasteiger partial charge in [-0.2, -0.15) is 0 Å². The van der Waals surface area contributed by atoms with Crippen LogP contribution in [0.25, 0.3) is 10.2 Å². The molecule has 1 aromatic carbocycles. The van der Waals surface area contributed by atoms with Gasteiger partial charge in [-0.05, 0) is 23.8 Å². The number of benzene rings is 1. The summed E-state index contributed by atoms with van der Waals surface area (Å²) in [7, 11) is 4.46. The molecule has 2 aromatic heterocycles. The Morgan fingerprint density at radius 1 is 1.06 bits per heavy atom. The van der Waals surface area contributed by atoms with E-state index in [-0.39, 0.29) is 12.1 Å². The number of methoxy groups -OCH3 is 3. The van der Waals surface area contributed by atoms with E-state index in [1.807, 2.05) is 13.8 Å². The summed E-state index contributed by atoms with van der Waals surface area (Å²) in [6, 6.07) is 4.89. The van der Waals surface area contributed by atoms with E-state index in [4.69, 9.17) is 14.2 Å². The molecule has 0 aliphatic heterocycles. The number of hydrogen-bond acceptors (Lipinski definition) is 7. The van der Waals surface area contributed by atoms with E-state index in [2.05, 4.69) is 5.32 Å². The second-order valence-electron chi connectivity index (χ2n) is 7.61. The van der Waals surface area contributed by atoms with Crippen molar-refractivity contribution in [3.63, 3.8) is 0 Å². The third-order valence-corrected chi connectivity index (χ3v) is 5.91. The van der Waals surface area contributed by atoms with E-state index in [1.165, 1.54) is 41.8 Å². The van der Waals surface area contributed by atoms with Crippen LogP contribution in [0.3, 0.4) is 0 Å². The predicted molar refractivity (Wildman–Crippen MR) is 125 cm³/mol. The fraction of sp³-hybridized carbons (Fsp3) is 0.409. The van der Waals surface area contributed by atoms with Crippen LogP contribution < -0.4 is 30.8 Å². The van der Waals surface area contributed by atoms with Gasteiger partial charge in [0.1, 0.15) is 11.2 Å². The van der Waals surface area contributed by atoms with Gasteiger partial charge >= 0.3 is 5.69 Å². The van der Waals surface area contributed by atoms with E-state index < -0.39 is 11.6 Å². The number of ether oxygens (including phenoxy) is 3. The largest absolute Gasteiger partial charge is 0.493 e. The Kier molecular flexibility index (Phi) is 7.24. The molecule has 0 radical (unpaired) electrons. The van der Waals surface area contributed by atoms with Crippen LogP contribution >= 0.6 is 11.3 Å². The van der Waals surface area contributed by atoms with Gasteiger partial charge < -0.3 is 19.5 Å². The molecule has 0 spiro atoms. The van der Waals surface area contributed by atoms with E-state index in [0.717, 1.165) is 0 Å². The minimum Gasteiger partial charge on any atom is -0.493 e. The minimum absolute atomic E-state index is 0.245. The Bertz CT molecular complexity index is 1220. The maximum atomic E-state index is 13.1. The van der Waals surface area contributed by atoms with Crippen LogP contribution in [0, 0.1) is 5.92 Å². The van der Waals surface area contributed by atoms with E-state index >= 15 is 0 Å². The Hall–Kier alpha value is -3.27. The second-order valence-corrected chi connectivity index (χ2v) is 8.52. The number of nitrogens with one attached hydrogen (secondary N) is 1. The molecule has 32 heavy (non-hydrogen) atoms. The zero-order chi connectivity index (χ0) is 23.4. The molecular weight excluding hydrogens is 434 g/mol. The summed E-state index contributed by atoms with van der Waals surface area (Å²) in [6.07, 6.45) is 0.684. The normalized spacial score (nSPS) is 11.1. The lowest BCUT2D eigenvalue weighted by Gasteiger charge is -2.15. The summed E-state index contributed by atoms with van der Waals surface area (Å²) in [4.78, 5) is 38.7. The first-order chi connectivity index (χ1) is 15.3. The highest BCUT2D eigenvalue weighted by atomic mass is 32.1. The monoisotopic (exact) mass is 461 g/mol. The van der Waals surface area contributed by atoms with Crippen LogP contribution in [0.5, 0.6) is 17.2 Å². The van der Waals surface area contributed by atoms with Crippen molar-refractivity contribution < 1.29 is 19.0 Å². The smallest absolute Gasteiger partial charge is 0.332 e. The van der Waals surface area contributed by atoms with Crippen LogP contribution in [0.2, 0.25) is 0 Å². The highest BCUT2D eigenvalue weighted by Crippen LogP contribution is 2.39. The number of carbonyl (C=O) groups excluding carboxylic acids is 1. The lowest BCUT2D eigenvalue weighted by molar-refractivity contribution is -0.116. The predicted octanol–water partition coefficient (Wildman–Crippen LogP) is 2.94. The fourth-order valence-corrected chi connectivity index (χ4v) is 4.21. The molecule has 1 amide bonds. The topological polar surface area (TPSA) is 101 Å². The summed E-state index contributed by atoms with van der Waals surface area (Å²) in [5, 5.41) is 4.50. The molecule has 0 unspecified atom stereocenters. The van der Waals surface area contributed by atoms with Crippen LogP contribution in [0.15, 0.2) is 33.2 Å². The van der Waals surface area contributed by atoms with Gasteiger partial charge in [0.05, 0.1) is 26.8 Å². The zero-order valence-corrected chi connectivity index (χ0v) is 19.6. The number of amides is 1. The molecule has 0 saturated carbocycles. The molecule has 172 valence electrons. The van der Waals surface area contributed by atoms with Crippen molar-refractivity contribution in [3.8, 4) is 17.2 Å². The maximum Gasteiger partial charge on any atom is 0.332 e. The summed E-state index contributed by atoms with van der Waals surface area (Å²) in [5.74, 6) is 1.09. The number of anilines is 1. The van der Waals surface area contributed by atoms with Gasteiger partial charge in [-0.15, -0.1) is 11.3 Å². The number of fused-ring (bicyclic) bond motifs is 1. The summed E-state index contributed by atoms with van der Waals surface area (Å²) in [6.45, 7) is 4.11. The summed E-state index contributed by atoms with van der Waals surface area (Å²) < 4.78 is 18.9. The van der Waals surface area contributed by atoms with Gasteiger partial charge in [0.2, 0.25) is 11.7 Å². The Morgan fingerprint density at radius 2 is 1.72 bits per heavy atom. The van der Waals surface area contributed by atoms with E-state index in [1.54, 1.807) is 23.6 Å². The van der Waals surface area contributed by atoms with E-state index in [0.29, 0.717) is 52.0 Å². The van der Waals surface area contributed by atoms with E-state index in [9.17, 15) is 14.4 Å². The molecule has 0 bridgehead atoms. The third kappa shape index (κ3) is 4.64. The van der Waals surface area contributed by atoms with Gasteiger partial charge in [-0.25, -0.2) is 4.79 Å². The second kappa shape index (κ2) is 9.90. The van der Waals surface area contributed by atoms with Gasteiger partial charge in [0.25, 0.3) is 5.56 Å². The molecule has 0 aliphatic carbocycles. The molecule has 0 atom stereocenters. The van der Waals surface area contributed by atoms with Crippen molar-refractivity contribution in [2.45, 2.75) is 33.4 Å². The van der Waals surface area contributed by atoms with Crippen molar-refractivity contribution >= 4 is 33.1 Å². The number of aromatic nitrogens is 2. The average Bonchev–Trinajstić information content (AvgIpc) is 3.25. The lowest BCUT2D eigenvalue weighted by atomic mass is 10.1. The maximum absolute atomic E-state index is 13.1. The van der Waals surface area contributed by atoms with Gasteiger partial charge in [-0.1, -0.05) is 13.8 Å². The standard InChI is InChI=1S/C22H27N3O6S/c1-13(2)6-8-24-21(27)20-15(7-9-32-20)25(22(24)28)12-18(26)23-14-10-16(29-3)19(31-5)17(11-14)30-4/h7,9-11,13H,6,8,12H2,1-5H3,(H,23,26).